The first-order valence-electron chi connectivity index (χ1n) is 18.9. The Hall–Kier alpha value is -6.31. The Balaban J connectivity index is 1.16. The van der Waals surface area contributed by atoms with Gasteiger partial charge in [0.2, 0.25) is 12.0 Å². The normalized spacial score (nSPS) is 29.3. The van der Waals surface area contributed by atoms with E-state index in [-0.39, 0.29) is 47.1 Å². The highest BCUT2D eigenvalue weighted by molar-refractivity contribution is 6.41. The fraction of sp³-hybridized carbons (Fsp3) is 0.425. The molecule has 0 radical (unpaired) electrons. The molecule has 63 heavy (non-hydrogen) atoms. The molecular formula is C40H44N2O21. The van der Waals surface area contributed by atoms with Crippen LogP contribution in [-0.2, 0) is 44.5 Å². The van der Waals surface area contributed by atoms with Crippen LogP contribution in [0.25, 0.3) is 6.08 Å². The number of carboxylic acid groups (broad SMARTS) is 3. The summed E-state index contributed by atoms with van der Waals surface area (Å²) in [6.45, 7) is -2.31. The lowest BCUT2D eigenvalue weighted by Gasteiger charge is -2.42. The smallest absolute Gasteiger partial charge is 0.354 e. The van der Waals surface area contributed by atoms with E-state index in [1.807, 2.05) is 0 Å². The van der Waals surface area contributed by atoms with Gasteiger partial charge in [-0.3, -0.25) is 4.99 Å². The molecule has 6 rings (SSSR count). The number of aliphatic hydroxyl groups excluding tert-OH is 4. The predicted octanol–water partition coefficient (Wildman–Crippen LogP) is -1.34. The lowest BCUT2D eigenvalue weighted by atomic mass is 9.98. The molecule has 10 N–H and O–H groups in total. The van der Waals surface area contributed by atoms with Gasteiger partial charge in [0.1, 0.15) is 42.8 Å². The lowest BCUT2D eigenvalue weighted by Crippen LogP contribution is -2.62. The van der Waals surface area contributed by atoms with Crippen LogP contribution in [0.1, 0.15) is 17.5 Å². The summed E-state index contributed by atoms with van der Waals surface area (Å²) in [5.41, 5.74) is -1.72. The molecule has 2 fully saturated rings. The number of dihydropyridines is 1. The number of nitrogens with zero attached hydrogens (tertiary/aromatic N) is 2. The molecule has 4 aliphatic rings. The molecule has 0 spiro atoms. The molecule has 0 aliphatic carbocycles. The number of rotatable bonds is 16. The van der Waals surface area contributed by atoms with Crippen molar-refractivity contribution in [3.05, 3.63) is 65.4 Å². The number of carbonyl (C=O) groups excluding carboxylic acids is 1. The van der Waals surface area contributed by atoms with Crippen molar-refractivity contribution in [1.82, 2.24) is 0 Å². The zero-order chi connectivity index (χ0) is 45.9. The second-order valence-corrected chi connectivity index (χ2v) is 14.7. The summed E-state index contributed by atoms with van der Waals surface area (Å²) in [5.74, 6) is -6.17. The number of esters is 1. The van der Waals surface area contributed by atoms with Crippen LogP contribution >= 0.6 is 0 Å². The second kappa shape index (κ2) is 19.0. The number of hydrogen-bond donors (Lipinski definition) is 10. The van der Waals surface area contributed by atoms with Crippen molar-refractivity contribution >= 4 is 41.4 Å². The Morgan fingerprint density at radius 1 is 0.921 bits per heavy atom. The van der Waals surface area contributed by atoms with Crippen LogP contribution in [0.5, 0.6) is 28.7 Å². The van der Waals surface area contributed by atoms with Gasteiger partial charge < -0.3 is 89.1 Å². The van der Waals surface area contributed by atoms with Crippen molar-refractivity contribution in [2.75, 3.05) is 38.9 Å². The van der Waals surface area contributed by atoms with Gasteiger partial charge in [0.15, 0.2) is 47.0 Å². The third-order valence-corrected chi connectivity index (χ3v) is 10.5. The largest absolute Gasteiger partial charge is 0.504 e. The Bertz CT molecular complexity index is 2200. The highest BCUT2D eigenvalue weighted by Crippen LogP contribution is 2.43. The number of fused-ring (bicyclic) bond motifs is 1. The number of phenols is 2. The van der Waals surface area contributed by atoms with Crippen LogP contribution in [0.2, 0.25) is 0 Å². The Morgan fingerprint density at radius 3 is 2.24 bits per heavy atom. The highest BCUT2D eigenvalue weighted by atomic mass is 16.8. The van der Waals surface area contributed by atoms with Gasteiger partial charge in [-0.05, 0) is 53.1 Å². The number of benzene rings is 2. The van der Waals surface area contributed by atoms with E-state index in [2.05, 4.69) is 4.99 Å². The number of aliphatic imine (C=N–C) groups is 1. The van der Waals surface area contributed by atoms with E-state index in [0.717, 1.165) is 18.2 Å². The molecule has 0 amide bonds. The molecule has 23 nitrogen and oxygen atoms in total. The van der Waals surface area contributed by atoms with Gasteiger partial charge in [-0.15, -0.1) is 0 Å². The van der Waals surface area contributed by atoms with E-state index in [0.29, 0.717) is 11.1 Å². The molecule has 23 heteroatoms. The average Bonchev–Trinajstić information content (AvgIpc) is 3.75. The molecule has 0 bridgehead atoms. The highest BCUT2D eigenvalue weighted by Gasteiger charge is 2.54. The van der Waals surface area contributed by atoms with Crippen LogP contribution in [0.4, 0.5) is 5.69 Å². The Kier molecular flexibility index (Phi) is 13.9. The van der Waals surface area contributed by atoms with Crippen LogP contribution in [0, 0.1) is 0 Å². The van der Waals surface area contributed by atoms with E-state index in [1.165, 1.54) is 55.7 Å². The Labute approximate surface area is 356 Å². The van der Waals surface area contributed by atoms with Crippen molar-refractivity contribution in [2.24, 2.45) is 4.99 Å². The number of allylic oxidation sites excluding steroid dienone is 1. The van der Waals surface area contributed by atoms with Crippen molar-refractivity contribution < 1.29 is 103 Å². The first kappa shape index (κ1) is 46.2. The van der Waals surface area contributed by atoms with Crippen LogP contribution < -0.4 is 19.1 Å². The fourth-order valence-electron chi connectivity index (χ4n) is 7.11. The summed E-state index contributed by atoms with van der Waals surface area (Å²) in [6, 6.07) is 2.56. The maximum Gasteiger partial charge on any atom is 0.354 e. The first-order chi connectivity index (χ1) is 29.9. The van der Waals surface area contributed by atoms with E-state index in [1.54, 1.807) is 0 Å². The van der Waals surface area contributed by atoms with E-state index in [9.17, 15) is 70.2 Å². The number of carboxylic acids is 3. The van der Waals surface area contributed by atoms with E-state index in [4.69, 9.17) is 33.2 Å². The first-order valence-corrected chi connectivity index (χ1v) is 18.9. The van der Waals surface area contributed by atoms with Crippen LogP contribution in [-0.4, -0.2) is 175 Å². The molecule has 2 aromatic rings. The van der Waals surface area contributed by atoms with Crippen molar-refractivity contribution in [3.8, 4) is 28.7 Å². The minimum Gasteiger partial charge on any atom is -0.504 e. The van der Waals surface area contributed by atoms with Gasteiger partial charge in [-0.2, -0.15) is 0 Å². The number of carbonyl (C=O) groups is 4. The number of phenolic OH excluding ortho intramolecular Hbond substituents is 2. The van der Waals surface area contributed by atoms with Gasteiger partial charge >= 0.3 is 23.9 Å². The lowest BCUT2D eigenvalue weighted by molar-refractivity contribution is -0.319. The van der Waals surface area contributed by atoms with Gasteiger partial charge in [0.05, 0.1) is 27.4 Å². The summed E-state index contributed by atoms with van der Waals surface area (Å²) >= 11 is 0. The minimum absolute atomic E-state index is 0.0639. The fourth-order valence-corrected chi connectivity index (χ4v) is 7.11. The number of anilines is 1. The maximum atomic E-state index is 12.6. The number of methoxy groups -OCH3 is 2. The SMILES string of the molecule is COc1cc(/C=C/C(=O)OC[C@@]2(O)CO[C@@H](O[C@H]3[C@H](Oc4cc5c(cc4O)N(/C=C/C4=CC(C(=O)O)=N[C@H](C(=O)O)C4)[C@H](C(=O)O)C5)O[C@H](CO)[C@@H](O)[C@@H]3O)[C@@H]2O)cc(OC)c1O. The quantitative estimate of drug-likeness (QED) is 0.0689. The number of aromatic hydroxyl groups is 2. The second-order valence-electron chi connectivity index (χ2n) is 14.7. The van der Waals surface area contributed by atoms with Crippen LogP contribution in [0.3, 0.4) is 0 Å². The molecule has 340 valence electrons. The summed E-state index contributed by atoms with van der Waals surface area (Å²) in [4.78, 5) is 53.1. The van der Waals surface area contributed by atoms with Crippen LogP contribution in [0.15, 0.2) is 59.3 Å². The molecule has 10 atom stereocenters. The van der Waals surface area contributed by atoms with Crippen molar-refractivity contribution in [2.45, 2.75) is 73.6 Å². The molecule has 0 saturated carbocycles. The van der Waals surface area contributed by atoms with Gasteiger partial charge in [0.25, 0.3) is 0 Å². The zero-order valence-corrected chi connectivity index (χ0v) is 33.3. The molecule has 0 aromatic heterocycles. The number of ether oxygens (including phenoxy) is 7. The molecular weight excluding hydrogens is 844 g/mol. The third kappa shape index (κ3) is 9.85. The standard InChI is InChI=1S/C40H44N2O21/c1-57-26-9-17(10-27(58-2)30(26)46)3-4-29(45)59-15-40(56)16-60-39(34(40)49)63-33-32(48)31(47)28(14-43)62-38(33)61-25-12-19-11-23(37(54)55)42(22(19)13-24(25)44)6-5-18-7-20(35(50)51)41-21(8-18)36(52)53/h3-7,9-10,12-13,21,23,28,31-34,38-39,43-44,46-49,56H,8,11,14-16H2,1-2H3,(H,50,51)(H,52,53)(H,54,55)/b4-3+,6-5+/t21-,23-,28+,31+,32-,33+,34-,38+,39-,40+/m0/s1. The monoisotopic (exact) mass is 888 g/mol. The molecule has 2 aromatic carbocycles. The minimum atomic E-state index is -2.26. The maximum absolute atomic E-state index is 12.6. The predicted molar refractivity (Wildman–Crippen MR) is 209 cm³/mol. The molecule has 4 aliphatic heterocycles. The Morgan fingerprint density at radius 2 is 1.62 bits per heavy atom. The van der Waals surface area contributed by atoms with E-state index >= 15 is 0 Å². The average molecular weight is 889 g/mol. The third-order valence-electron chi connectivity index (χ3n) is 10.5. The molecule has 2 saturated heterocycles. The number of aliphatic hydroxyl groups is 5. The molecule has 0 unspecified atom stereocenters. The van der Waals surface area contributed by atoms with E-state index < -0.39 is 116 Å². The van der Waals surface area contributed by atoms with Gasteiger partial charge in [-0.25, -0.2) is 19.2 Å². The summed E-state index contributed by atoms with van der Waals surface area (Å²) < 4.78 is 38.1. The number of aliphatic carboxylic acids is 3. The van der Waals surface area contributed by atoms with Crippen molar-refractivity contribution in [1.29, 1.82) is 0 Å². The summed E-state index contributed by atoms with van der Waals surface area (Å²) in [6.07, 6.45) is -6.77. The summed E-state index contributed by atoms with van der Waals surface area (Å²) in [7, 11) is 2.63. The van der Waals surface area contributed by atoms with Gasteiger partial charge in [0, 0.05) is 36.9 Å². The number of hydrogen-bond acceptors (Lipinski definition) is 20. The zero-order valence-electron chi connectivity index (χ0n) is 33.3. The van der Waals surface area contributed by atoms with Crippen molar-refractivity contribution in [3.63, 3.8) is 0 Å². The molecule has 4 heterocycles. The summed E-state index contributed by atoms with van der Waals surface area (Å²) in [5, 5.41) is 104. The van der Waals surface area contributed by atoms with Gasteiger partial charge in [-0.1, -0.05) is 0 Å². The topological polar surface area (TPSA) is 351 Å².